The van der Waals surface area contributed by atoms with Crippen LogP contribution in [0.4, 0.5) is 0 Å². The largest absolute Gasteiger partial charge is 0.357 e. The third kappa shape index (κ3) is 7.49. The number of guanidine groups is 1. The first-order valence-electron chi connectivity index (χ1n) is 8.28. The molecule has 0 aromatic heterocycles. The summed E-state index contributed by atoms with van der Waals surface area (Å²) in [6.07, 6.45) is 7.42. The molecule has 0 unspecified atom stereocenters. The van der Waals surface area contributed by atoms with E-state index in [1.165, 1.54) is 0 Å². The van der Waals surface area contributed by atoms with E-state index in [1.54, 1.807) is 4.90 Å². The Bertz CT molecular complexity index is 371. The summed E-state index contributed by atoms with van der Waals surface area (Å²) in [6, 6.07) is 0. The molecule has 1 rings (SSSR count). The van der Waals surface area contributed by atoms with Crippen LogP contribution in [0.2, 0.25) is 0 Å². The smallest absolute Gasteiger partial charge is 0.230 e. The fourth-order valence-corrected chi connectivity index (χ4v) is 3.39. The Morgan fingerprint density at radius 1 is 1.26 bits per heavy atom. The third-order valence-corrected chi connectivity index (χ3v) is 4.82. The molecule has 1 fully saturated rings. The highest BCUT2D eigenvalue weighted by Crippen LogP contribution is 2.39. The average Bonchev–Trinajstić information content (AvgIpc) is 2.98. The minimum atomic E-state index is -0.287. The lowest BCUT2D eigenvalue weighted by Crippen LogP contribution is -2.43. The van der Waals surface area contributed by atoms with Crippen molar-refractivity contribution in [2.75, 3.05) is 45.7 Å². The molecule has 1 saturated carbocycles. The monoisotopic (exact) mass is 456 g/mol. The van der Waals surface area contributed by atoms with Gasteiger partial charge in [-0.1, -0.05) is 12.8 Å². The fraction of sp³-hybridized carbons (Fsp3) is 0.875. The molecule has 0 radical (unpaired) electrons. The standard InChI is InChI=1S/C16H32N4OS.HI/c1-5-17-15(18-11-8-12-22-4)19-13-16(9-6-7-10-16)14(21)20(2)3;/h5-13H2,1-4H3,(H2,17,18,19);1H. The van der Waals surface area contributed by atoms with Gasteiger partial charge in [0.1, 0.15) is 0 Å². The average molecular weight is 456 g/mol. The van der Waals surface area contributed by atoms with Crippen LogP contribution in [-0.2, 0) is 4.79 Å². The number of thioether (sulfide) groups is 1. The van der Waals surface area contributed by atoms with Gasteiger partial charge >= 0.3 is 0 Å². The van der Waals surface area contributed by atoms with Gasteiger partial charge in [0.05, 0.1) is 12.0 Å². The molecule has 1 amide bonds. The van der Waals surface area contributed by atoms with Crippen molar-refractivity contribution in [2.24, 2.45) is 10.4 Å². The topological polar surface area (TPSA) is 56.7 Å². The van der Waals surface area contributed by atoms with Crippen molar-refractivity contribution >= 4 is 47.6 Å². The van der Waals surface area contributed by atoms with Crippen LogP contribution in [0.25, 0.3) is 0 Å². The van der Waals surface area contributed by atoms with Crippen molar-refractivity contribution in [3.05, 3.63) is 0 Å². The molecule has 0 heterocycles. The molecule has 7 heteroatoms. The number of carbonyl (C=O) groups is 1. The molecule has 0 aromatic carbocycles. The number of aliphatic imine (C=N–C) groups is 1. The first kappa shape index (κ1) is 22.8. The van der Waals surface area contributed by atoms with Crippen LogP contribution in [0.3, 0.4) is 0 Å². The highest BCUT2D eigenvalue weighted by Gasteiger charge is 2.41. The Balaban J connectivity index is 0.00000484. The molecule has 1 aliphatic rings. The zero-order valence-electron chi connectivity index (χ0n) is 15.0. The molecule has 136 valence electrons. The molecule has 1 aliphatic carbocycles. The number of carbonyl (C=O) groups excluding carboxylic acids is 1. The van der Waals surface area contributed by atoms with Gasteiger partial charge in [0.2, 0.25) is 5.91 Å². The number of nitrogens with zero attached hydrogens (tertiary/aromatic N) is 2. The number of rotatable bonds is 8. The molecule has 0 atom stereocenters. The van der Waals surface area contributed by atoms with Crippen LogP contribution in [0.5, 0.6) is 0 Å². The summed E-state index contributed by atoms with van der Waals surface area (Å²) in [5.41, 5.74) is -0.287. The van der Waals surface area contributed by atoms with Gasteiger partial charge in [-0.3, -0.25) is 9.79 Å². The van der Waals surface area contributed by atoms with Crippen LogP contribution in [0, 0.1) is 5.41 Å². The van der Waals surface area contributed by atoms with E-state index in [1.807, 2.05) is 25.9 Å². The predicted molar refractivity (Wildman–Crippen MR) is 112 cm³/mol. The Hall–Kier alpha value is -0.180. The SMILES string of the molecule is CCNC(=NCC1(C(=O)N(C)C)CCCC1)NCCCSC.I. The number of nitrogens with one attached hydrogen (secondary N) is 2. The lowest BCUT2D eigenvalue weighted by atomic mass is 9.85. The second-order valence-electron chi connectivity index (χ2n) is 6.16. The molecular formula is C16H33IN4OS. The molecule has 2 N–H and O–H groups in total. The van der Waals surface area contributed by atoms with E-state index in [4.69, 9.17) is 4.99 Å². The lowest BCUT2D eigenvalue weighted by Gasteiger charge is -2.29. The first-order valence-corrected chi connectivity index (χ1v) is 9.68. The van der Waals surface area contributed by atoms with Gasteiger partial charge in [-0.2, -0.15) is 11.8 Å². The molecule has 0 aliphatic heterocycles. The molecule has 0 bridgehead atoms. The van der Waals surface area contributed by atoms with E-state index in [2.05, 4.69) is 23.8 Å². The van der Waals surface area contributed by atoms with Crippen molar-refractivity contribution in [2.45, 2.75) is 39.0 Å². The fourth-order valence-electron chi connectivity index (χ4n) is 2.96. The van der Waals surface area contributed by atoms with Crippen molar-refractivity contribution in [3.63, 3.8) is 0 Å². The van der Waals surface area contributed by atoms with E-state index in [9.17, 15) is 4.79 Å². The highest BCUT2D eigenvalue weighted by atomic mass is 127. The summed E-state index contributed by atoms with van der Waals surface area (Å²) < 4.78 is 0. The predicted octanol–water partition coefficient (Wildman–Crippen LogP) is 2.56. The van der Waals surface area contributed by atoms with Crippen molar-refractivity contribution in [1.82, 2.24) is 15.5 Å². The number of hydrogen-bond acceptors (Lipinski definition) is 3. The van der Waals surface area contributed by atoms with Gasteiger partial charge in [-0.05, 0) is 38.2 Å². The summed E-state index contributed by atoms with van der Waals surface area (Å²) in [4.78, 5) is 19.0. The van der Waals surface area contributed by atoms with Crippen LogP contribution in [-0.4, -0.2) is 62.5 Å². The van der Waals surface area contributed by atoms with Gasteiger partial charge in [0.15, 0.2) is 5.96 Å². The maximum Gasteiger partial charge on any atom is 0.230 e. The summed E-state index contributed by atoms with van der Waals surface area (Å²) >= 11 is 1.86. The first-order chi connectivity index (χ1) is 10.6. The molecule has 23 heavy (non-hydrogen) atoms. The lowest BCUT2D eigenvalue weighted by molar-refractivity contribution is -0.138. The summed E-state index contributed by atoms with van der Waals surface area (Å²) in [7, 11) is 3.69. The van der Waals surface area contributed by atoms with E-state index < -0.39 is 0 Å². The van der Waals surface area contributed by atoms with E-state index in [-0.39, 0.29) is 35.3 Å². The minimum absolute atomic E-state index is 0. The normalized spacial score (nSPS) is 16.6. The number of hydrogen-bond donors (Lipinski definition) is 2. The maximum atomic E-state index is 12.5. The van der Waals surface area contributed by atoms with Gasteiger partial charge in [0, 0.05) is 27.2 Å². The van der Waals surface area contributed by atoms with E-state index in [0.717, 1.165) is 56.9 Å². The van der Waals surface area contributed by atoms with Crippen LogP contribution < -0.4 is 10.6 Å². The number of halogens is 1. The van der Waals surface area contributed by atoms with Crippen LogP contribution in [0.1, 0.15) is 39.0 Å². The summed E-state index contributed by atoms with van der Waals surface area (Å²) in [5, 5.41) is 6.64. The Labute approximate surface area is 162 Å². The molecule has 0 saturated heterocycles. The van der Waals surface area contributed by atoms with E-state index in [0.29, 0.717) is 6.54 Å². The van der Waals surface area contributed by atoms with Crippen LogP contribution >= 0.6 is 35.7 Å². The molecular weight excluding hydrogens is 423 g/mol. The second kappa shape index (κ2) is 12.2. The zero-order valence-corrected chi connectivity index (χ0v) is 18.1. The van der Waals surface area contributed by atoms with Gasteiger partial charge < -0.3 is 15.5 Å². The quantitative estimate of drug-likeness (QED) is 0.255. The molecule has 0 spiro atoms. The Morgan fingerprint density at radius 3 is 2.43 bits per heavy atom. The van der Waals surface area contributed by atoms with E-state index >= 15 is 0 Å². The summed E-state index contributed by atoms with van der Waals surface area (Å²) in [6.45, 7) is 4.40. The second-order valence-corrected chi connectivity index (χ2v) is 7.14. The molecule has 0 aromatic rings. The van der Waals surface area contributed by atoms with Crippen molar-refractivity contribution < 1.29 is 4.79 Å². The third-order valence-electron chi connectivity index (χ3n) is 4.12. The summed E-state index contributed by atoms with van der Waals surface area (Å²) in [5.74, 6) is 2.21. The van der Waals surface area contributed by atoms with Gasteiger partial charge in [0.25, 0.3) is 0 Å². The van der Waals surface area contributed by atoms with Crippen molar-refractivity contribution in [1.29, 1.82) is 0 Å². The van der Waals surface area contributed by atoms with Gasteiger partial charge in [-0.25, -0.2) is 0 Å². The molecule has 5 nitrogen and oxygen atoms in total. The van der Waals surface area contributed by atoms with Crippen LogP contribution in [0.15, 0.2) is 4.99 Å². The Kier molecular flexibility index (Phi) is 12.1. The number of amides is 1. The Morgan fingerprint density at radius 2 is 1.91 bits per heavy atom. The zero-order chi connectivity index (χ0) is 16.4. The highest BCUT2D eigenvalue weighted by molar-refractivity contribution is 14.0. The van der Waals surface area contributed by atoms with Crippen molar-refractivity contribution in [3.8, 4) is 0 Å². The minimum Gasteiger partial charge on any atom is -0.357 e. The van der Waals surface area contributed by atoms with Gasteiger partial charge in [-0.15, -0.1) is 24.0 Å². The maximum absolute atomic E-state index is 12.5.